The Kier molecular flexibility index (Phi) is 3.69. The first-order chi connectivity index (χ1) is 8.97. The number of amides is 1. The van der Waals surface area contributed by atoms with E-state index in [4.69, 9.17) is 8.94 Å². The molecule has 0 bridgehead atoms. The second-order valence-electron chi connectivity index (χ2n) is 5.25. The lowest BCUT2D eigenvalue weighted by atomic mass is 9.97. The molecule has 1 N–H and O–H groups in total. The molecule has 19 heavy (non-hydrogen) atoms. The van der Waals surface area contributed by atoms with Crippen LogP contribution in [-0.4, -0.2) is 22.6 Å². The van der Waals surface area contributed by atoms with Crippen molar-refractivity contribution < 1.29 is 13.7 Å². The Morgan fingerprint density at radius 2 is 2.21 bits per heavy atom. The summed E-state index contributed by atoms with van der Waals surface area (Å²) in [6.45, 7) is 6.44. The predicted octanol–water partition coefficient (Wildman–Crippen LogP) is 1.93. The van der Waals surface area contributed by atoms with Crippen LogP contribution in [0.5, 0.6) is 0 Å². The number of carbonyl (C=O) groups excluding carboxylic acids is 1. The van der Waals surface area contributed by atoms with Gasteiger partial charge in [0.25, 0.3) is 5.91 Å². The number of nitrogens with zero attached hydrogens (tertiary/aromatic N) is 2. The molecular formula is C13H17N3O3. The minimum absolute atomic E-state index is 0.164. The summed E-state index contributed by atoms with van der Waals surface area (Å²) in [6, 6.07) is 3.28. The first-order valence-corrected chi connectivity index (χ1v) is 6.11. The van der Waals surface area contributed by atoms with E-state index in [1.54, 1.807) is 12.1 Å². The molecule has 2 aromatic heterocycles. The van der Waals surface area contributed by atoms with Gasteiger partial charge in [0.15, 0.2) is 11.6 Å². The second-order valence-corrected chi connectivity index (χ2v) is 5.25. The van der Waals surface area contributed by atoms with Crippen molar-refractivity contribution in [2.24, 2.45) is 0 Å². The average Bonchev–Trinajstić information content (AvgIpc) is 2.99. The highest BCUT2D eigenvalue weighted by Gasteiger charge is 2.21. The molecule has 102 valence electrons. The SMILES string of the molecule is CC(C)(C)c1nc(CCNC(=O)c2ccco2)no1. The van der Waals surface area contributed by atoms with Gasteiger partial charge >= 0.3 is 0 Å². The quantitative estimate of drug-likeness (QED) is 0.911. The van der Waals surface area contributed by atoms with E-state index in [1.807, 2.05) is 20.8 Å². The van der Waals surface area contributed by atoms with Crippen molar-refractivity contribution in [3.63, 3.8) is 0 Å². The van der Waals surface area contributed by atoms with E-state index in [0.717, 1.165) is 0 Å². The monoisotopic (exact) mass is 263 g/mol. The maximum Gasteiger partial charge on any atom is 0.286 e. The molecule has 0 saturated carbocycles. The molecule has 0 radical (unpaired) electrons. The molecule has 2 aromatic rings. The molecule has 1 amide bonds. The Bertz CT molecular complexity index is 538. The van der Waals surface area contributed by atoms with Crippen LogP contribution in [0.25, 0.3) is 0 Å². The normalized spacial score (nSPS) is 11.5. The van der Waals surface area contributed by atoms with Gasteiger partial charge in [-0.05, 0) is 12.1 Å². The van der Waals surface area contributed by atoms with E-state index in [-0.39, 0.29) is 11.3 Å². The Labute approximate surface area is 111 Å². The molecule has 0 aromatic carbocycles. The molecule has 0 unspecified atom stereocenters. The van der Waals surface area contributed by atoms with Crippen molar-refractivity contribution in [1.82, 2.24) is 15.5 Å². The number of rotatable bonds is 4. The maximum absolute atomic E-state index is 11.6. The van der Waals surface area contributed by atoms with Crippen molar-refractivity contribution in [3.8, 4) is 0 Å². The lowest BCUT2D eigenvalue weighted by molar-refractivity contribution is 0.0926. The number of nitrogens with one attached hydrogen (secondary N) is 1. The van der Waals surface area contributed by atoms with Crippen LogP contribution >= 0.6 is 0 Å². The van der Waals surface area contributed by atoms with E-state index >= 15 is 0 Å². The van der Waals surface area contributed by atoms with Gasteiger partial charge in [-0.2, -0.15) is 4.98 Å². The lowest BCUT2D eigenvalue weighted by Crippen LogP contribution is -2.25. The number of hydrogen-bond acceptors (Lipinski definition) is 5. The largest absolute Gasteiger partial charge is 0.459 e. The van der Waals surface area contributed by atoms with Gasteiger partial charge in [0.2, 0.25) is 5.89 Å². The zero-order valence-electron chi connectivity index (χ0n) is 11.3. The zero-order chi connectivity index (χ0) is 13.9. The van der Waals surface area contributed by atoms with Crippen molar-refractivity contribution in [2.45, 2.75) is 32.6 Å². The maximum atomic E-state index is 11.6. The lowest BCUT2D eigenvalue weighted by Gasteiger charge is -2.10. The Hall–Kier alpha value is -2.11. The number of furan rings is 1. The summed E-state index contributed by atoms with van der Waals surface area (Å²) in [5.74, 6) is 1.23. The van der Waals surface area contributed by atoms with Crippen LogP contribution < -0.4 is 5.32 Å². The van der Waals surface area contributed by atoms with Crippen LogP contribution in [0.3, 0.4) is 0 Å². The van der Waals surface area contributed by atoms with Crippen molar-refractivity contribution in [2.75, 3.05) is 6.54 Å². The van der Waals surface area contributed by atoms with Crippen molar-refractivity contribution >= 4 is 5.91 Å². The number of hydrogen-bond donors (Lipinski definition) is 1. The summed E-state index contributed by atoms with van der Waals surface area (Å²) in [5.41, 5.74) is -0.164. The average molecular weight is 263 g/mol. The van der Waals surface area contributed by atoms with Gasteiger partial charge in [-0.15, -0.1) is 0 Å². The Morgan fingerprint density at radius 3 is 2.79 bits per heavy atom. The fourth-order valence-corrected chi connectivity index (χ4v) is 1.44. The smallest absolute Gasteiger partial charge is 0.286 e. The predicted molar refractivity (Wildman–Crippen MR) is 67.7 cm³/mol. The zero-order valence-corrected chi connectivity index (χ0v) is 11.3. The van der Waals surface area contributed by atoms with Crippen molar-refractivity contribution in [3.05, 3.63) is 35.9 Å². The third-order valence-corrected chi connectivity index (χ3v) is 2.49. The minimum atomic E-state index is -0.246. The Balaban J connectivity index is 1.83. The van der Waals surface area contributed by atoms with Crippen LogP contribution in [0, 0.1) is 0 Å². The van der Waals surface area contributed by atoms with Gasteiger partial charge in [0.05, 0.1) is 6.26 Å². The van der Waals surface area contributed by atoms with Gasteiger partial charge in [0.1, 0.15) is 0 Å². The second kappa shape index (κ2) is 5.26. The summed E-state index contributed by atoms with van der Waals surface area (Å²) < 4.78 is 10.2. The first-order valence-electron chi connectivity index (χ1n) is 6.11. The van der Waals surface area contributed by atoms with E-state index in [1.165, 1.54) is 6.26 Å². The minimum Gasteiger partial charge on any atom is -0.459 e. The van der Waals surface area contributed by atoms with Crippen LogP contribution in [0.4, 0.5) is 0 Å². The van der Waals surface area contributed by atoms with Crippen LogP contribution in [0.15, 0.2) is 27.3 Å². The highest BCUT2D eigenvalue weighted by atomic mass is 16.5. The molecular weight excluding hydrogens is 246 g/mol. The third-order valence-electron chi connectivity index (χ3n) is 2.49. The molecule has 0 aliphatic rings. The number of aromatic nitrogens is 2. The van der Waals surface area contributed by atoms with Crippen LogP contribution in [0.1, 0.15) is 43.0 Å². The summed E-state index contributed by atoms with van der Waals surface area (Å²) in [6.07, 6.45) is 1.98. The van der Waals surface area contributed by atoms with E-state index < -0.39 is 0 Å². The highest BCUT2D eigenvalue weighted by Crippen LogP contribution is 2.19. The fourth-order valence-electron chi connectivity index (χ4n) is 1.44. The summed E-state index contributed by atoms with van der Waals surface area (Å²) in [4.78, 5) is 15.9. The summed E-state index contributed by atoms with van der Waals surface area (Å²) in [7, 11) is 0. The standard InChI is InChI=1S/C13H17N3O3/c1-13(2,3)12-15-10(16-19-12)6-7-14-11(17)9-5-4-8-18-9/h4-5,8H,6-7H2,1-3H3,(H,14,17). The summed E-state index contributed by atoms with van der Waals surface area (Å²) >= 11 is 0. The molecule has 6 heteroatoms. The third kappa shape index (κ3) is 3.43. The van der Waals surface area contributed by atoms with Gasteiger partial charge in [-0.3, -0.25) is 4.79 Å². The van der Waals surface area contributed by atoms with Crippen LogP contribution in [-0.2, 0) is 11.8 Å². The van der Waals surface area contributed by atoms with E-state index in [9.17, 15) is 4.79 Å². The van der Waals surface area contributed by atoms with Gasteiger partial charge in [0, 0.05) is 18.4 Å². The molecule has 0 aliphatic heterocycles. The molecule has 6 nitrogen and oxygen atoms in total. The van der Waals surface area contributed by atoms with E-state index in [0.29, 0.717) is 30.4 Å². The Morgan fingerprint density at radius 1 is 1.42 bits per heavy atom. The molecule has 0 spiro atoms. The van der Waals surface area contributed by atoms with E-state index in [2.05, 4.69) is 15.5 Å². The topological polar surface area (TPSA) is 81.2 Å². The fraction of sp³-hybridized carbons (Fsp3) is 0.462. The molecule has 0 aliphatic carbocycles. The molecule has 2 heterocycles. The van der Waals surface area contributed by atoms with Crippen molar-refractivity contribution in [1.29, 1.82) is 0 Å². The first kappa shape index (κ1) is 13.3. The summed E-state index contributed by atoms with van der Waals surface area (Å²) in [5, 5.41) is 6.61. The molecule has 2 rings (SSSR count). The highest BCUT2D eigenvalue weighted by molar-refractivity contribution is 5.91. The number of carbonyl (C=O) groups is 1. The molecule has 0 saturated heterocycles. The van der Waals surface area contributed by atoms with Gasteiger partial charge in [-0.1, -0.05) is 25.9 Å². The molecule has 0 atom stereocenters. The van der Waals surface area contributed by atoms with Gasteiger partial charge in [-0.25, -0.2) is 0 Å². The molecule has 0 fully saturated rings. The van der Waals surface area contributed by atoms with Crippen LogP contribution in [0.2, 0.25) is 0 Å². The van der Waals surface area contributed by atoms with Gasteiger partial charge < -0.3 is 14.3 Å².